The molecule has 6 N–H and O–H groups in total. The van der Waals surface area contributed by atoms with Crippen LogP contribution < -0.4 is 20.3 Å². The van der Waals surface area contributed by atoms with Crippen molar-refractivity contribution in [1.29, 1.82) is 0 Å². The molecule has 2 aromatic rings. The summed E-state index contributed by atoms with van der Waals surface area (Å²) in [5.41, 5.74) is 1.03. The number of carbonyl (C=O) groups is 1. The topological polar surface area (TPSA) is 117 Å². The first-order valence-electron chi connectivity index (χ1n) is 14.5. The average molecular weight is 593 g/mol. The molecular formula is C31H49FN4O4S. The van der Waals surface area contributed by atoms with Gasteiger partial charge in [-0.3, -0.25) is 18.2 Å². The molecule has 0 saturated carbocycles. The first-order valence-corrected chi connectivity index (χ1v) is 16.2. The molecule has 2 atom stereocenters. The molecule has 0 radical (unpaired) electrons. The van der Waals surface area contributed by atoms with Gasteiger partial charge in [-0.05, 0) is 69.6 Å². The molecule has 41 heavy (non-hydrogen) atoms. The fourth-order valence-corrected chi connectivity index (χ4v) is 7.34. The largest absolute Gasteiger partial charge is 0.390 e. The van der Waals surface area contributed by atoms with Crippen LogP contribution in [0.5, 0.6) is 0 Å². The van der Waals surface area contributed by atoms with Crippen LogP contribution >= 0.6 is 10.8 Å². The third-order valence-electron chi connectivity index (χ3n) is 7.17. The molecule has 1 aliphatic rings. The smallest absolute Gasteiger partial charge is 0.254 e. The molecule has 230 valence electrons. The van der Waals surface area contributed by atoms with Crippen molar-refractivity contribution in [3.8, 4) is 0 Å². The Hall–Kier alpha value is -2.37. The predicted molar refractivity (Wildman–Crippen MR) is 168 cm³/mol. The molecule has 1 fully saturated rings. The van der Waals surface area contributed by atoms with E-state index in [9.17, 15) is 19.0 Å². The zero-order chi connectivity index (χ0) is 30.4. The Labute approximate surface area is 246 Å². The minimum atomic E-state index is -3.20. The molecule has 0 spiro atoms. The molecule has 1 amide bonds. The standard InChI is InChI=1S/C31H49FN4O4S/c1-7-33-23-18-24(28(32)26(19-23)36-15-11-12-16-41(36,39)40)29(38)35-25(17-22-13-9-8-10-14-22)27(37)20-34-31(5,6)21-30(2,3)4/h8-10,13-14,18-19,25,27,33-34,37,39-40H,7,11-12,15-17,20-21H2,1-6H3,(H,35,38)/t25-,27-/m0/s1. The van der Waals surface area contributed by atoms with E-state index in [0.29, 0.717) is 31.5 Å². The second-order valence-corrected chi connectivity index (χ2v) is 15.0. The Morgan fingerprint density at radius 3 is 2.39 bits per heavy atom. The fourth-order valence-electron chi connectivity index (χ4n) is 5.66. The van der Waals surface area contributed by atoms with E-state index in [4.69, 9.17) is 0 Å². The van der Waals surface area contributed by atoms with Gasteiger partial charge in [0.25, 0.3) is 5.91 Å². The van der Waals surface area contributed by atoms with Crippen LogP contribution in [-0.4, -0.2) is 63.2 Å². The van der Waals surface area contributed by atoms with Gasteiger partial charge in [-0.2, -0.15) is 0 Å². The van der Waals surface area contributed by atoms with Crippen LogP contribution in [0.3, 0.4) is 0 Å². The highest BCUT2D eigenvalue weighted by Gasteiger charge is 2.33. The van der Waals surface area contributed by atoms with Crippen molar-refractivity contribution in [2.45, 2.75) is 84.9 Å². The summed E-state index contributed by atoms with van der Waals surface area (Å²) in [6.45, 7) is 13.6. The van der Waals surface area contributed by atoms with Crippen molar-refractivity contribution in [2.75, 3.05) is 35.0 Å². The predicted octanol–water partition coefficient (Wildman–Crippen LogP) is 6.03. The minimum absolute atomic E-state index is 0.0148. The molecule has 0 aliphatic carbocycles. The lowest BCUT2D eigenvalue weighted by molar-refractivity contribution is 0.0800. The van der Waals surface area contributed by atoms with Crippen molar-refractivity contribution in [2.24, 2.45) is 5.41 Å². The molecule has 10 heteroatoms. The quantitative estimate of drug-likeness (QED) is 0.178. The molecule has 0 aromatic heterocycles. The normalized spacial score (nSPS) is 18.0. The summed E-state index contributed by atoms with van der Waals surface area (Å²) in [6, 6.07) is 11.8. The monoisotopic (exact) mass is 592 g/mol. The summed E-state index contributed by atoms with van der Waals surface area (Å²) < 4.78 is 38.6. The van der Waals surface area contributed by atoms with E-state index in [1.165, 1.54) is 16.4 Å². The second kappa shape index (κ2) is 13.7. The number of amides is 1. The van der Waals surface area contributed by atoms with Crippen LogP contribution in [0.1, 0.15) is 76.7 Å². The number of β-amino-alcohol motifs (C(OH)–C–C–N with tert-alkyl or cyclic N) is 1. The molecule has 1 aliphatic heterocycles. The Morgan fingerprint density at radius 2 is 1.78 bits per heavy atom. The summed E-state index contributed by atoms with van der Waals surface area (Å²) >= 11 is 0. The van der Waals surface area contributed by atoms with Crippen molar-refractivity contribution >= 4 is 28.1 Å². The number of nitrogens with one attached hydrogen (secondary N) is 3. The first-order chi connectivity index (χ1) is 19.1. The van der Waals surface area contributed by atoms with Gasteiger partial charge in [-0.15, -0.1) is 10.8 Å². The Bertz CT molecular complexity index is 1160. The SMILES string of the molecule is CCNc1cc(C(=O)N[C@@H](Cc2ccccc2)[C@@H](O)CNC(C)(C)CC(C)(C)C)c(F)c(N2CCCCS2(O)O)c1. The average Bonchev–Trinajstić information content (AvgIpc) is 2.87. The molecule has 0 unspecified atom stereocenters. The highest BCUT2D eigenvalue weighted by atomic mass is 32.3. The Kier molecular flexibility index (Phi) is 11.1. The third-order valence-corrected chi connectivity index (χ3v) is 9.09. The Morgan fingerprint density at radius 1 is 1.10 bits per heavy atom. The van der Waals surface area contributed by atoms with Crippen molar-refractivity contribution < 1.29 is 23.4 Å². The van der Waals surface area contributed by atoms with E-state index in [-0.39, 0.29) is 41.0 Å². The number of aliphatic hydroxyl groups is 1. The van der Waals surface area contributed by atoms with Gasteiger partial charge in [0.2, 0.25) is 0 Å². The Balaban J connectivity index is 1.90. The molecule has 2 aromatic carbocycles. The number of hydrogen-bond acceptors (Lipinski definition) is 7. The molecule has 1 heterocycles. The molecule has 0 bridgehead atoms. The maximum atomic E-state index is 16.0. The minimum Gasteiger partial charge on any atom is -0.390 e. The van der Waals surface area contributed by atoms with Crippen LogP contribution in [0.25, 0.3) is 0 Å². The zero-order valence-electron chi connectivity index (χ0n) is 25.3. The van der Waals surface area contributed by atoms with Crippen LogP contribution in [-0.2, 0) is 6.42 Å². The van der Waals surface area contributed by atoms with E-state index in [0.717, 1.165) is 12.0 Å². The number of benzene rings is 2. The van der Waals surface area contributed by atoms with E-state index < -0.39 is 34.6 Å². The van der Waals surface area contributed by atoms with Gasteiger partial charge in [0.05, 0.1) is 29.1 Å². The summed E-state index contributed by atoms with van der Waals surface area (Å²) in [6.07, 6.45) is 1.60. The third kappa shape index (κ3) is 9.58. The van der Waals surface area contributed by atoms with Gasteiger partial charge in [0, 0.05) is 30.9 Å². The molecule has 1 saturated heterocycles. The maximum absolute atomic E-state index is 16.0. The summed E-state index contributed by atoms with van der Waals surface area (Å²) in [5.74, 6) is -1.34. The van der Waals surface area contributed by atoms with Crippen molar-refractivity contribution in [1.82, 2.24) is 10.6 Å². The van der Waals surface area contributed by atoms with E-state index in [2.05, 4.69) is 50.6 Å². The number of halogens is 1. The van der Waals surface area contributed by atoms with Crippen LogP contribution in [0.2, 0.25) is 0 Å². The van der Waals surface area contributed by atoms with Gasteiger partial charge in [0.15, 0.2) is 5.82 Å². The molecular weight excluding hydrogens is 543 g/mol. The van der Waals surface area contributed by atoms with Gasteiger partial charge in [-0.25, -0.2) is 4.39 Å². The van der Waals surface area contributed by atoms with Gasteiger partial charge < -0.3 is 21.1 Å². The number of aliphatic hydroxyl groups excluding tert-OH is 1. The van der Waals surface area contributed by atoms with Gasteiger partial charge >= 0.3 is 0 Å². The maximum Gasteiger partial charge on any atom is 0.254 e. The lowest BCUT2D eigenvalue weighted by Crippen LogP contribution is -2.53. The molecule has 8 nitrogen and oxygen atoms in total. The van der Waals surface area contributed by atoms with Crippen molar-refractivity contribution in [3.05, 3.63) is 59.4 Å². The first kappa shape index (κ1) is 33.1. The number of carbonyl (C=O) groups excluding carboxylic acids is 1. The van der Waals surface area contributed by atoms with E-state index in [1.807, 2.05) is 37.3 Å². The lowest BCUT2D eigenvalue weighted by atomic mass is 9.81. The number of nitrogens with zero attached hydrogens (tertiary/aromatic N) is 1. The molecule has 3 rings (SSSR count). The van der Waals surface area contributed by atoms with Crippen molar-refractivity contribution in [3.63, 3.8) is 0 Å². The van der Waals surface area contributed by atoms with Crippen LogP contribution in [0.4, 0.5) is 15.8 Å². The van der Waals surface area contributed by atoms with Crippen LogP contribution in [0, 0.1) is 11.2 Å². The number of hydrogen-bond donors (Lipinski definition) is 6. The summed E-state index contributed by atoms with van der Waals surface area (Å²) in [4.78, 5) is 13.7. The number of anilines is 2. The summed E-state index contributed by atoms with van der Waals surface area (Å²) in [5, 5.41) is 20.8. The number of rotatable bonds is 12. The fraction of sp³-hybridized carbons (Fsp3) is 0.581. The van der Waals surface area contributed by atoms with Gasteiger partial charge in [-0.1, -0.05) is 51.1 Å². The highest BCUT2D eigenvalue weighted by molar-refractivity contribution is 8.25. The highest BCUT2D eigenvalue weighted by Crippen LogP contribution is 2.51. The summed E-state index contributed by atoms with van der Waals surface area (Å²) in [7, 11) is -3.20. The van der Waals surface area contributed by atoms with E-state index in [1.54, 1.807) is 0 Å². The van der Waals surface area contributed by atoms with E-state index >= 15 is 4.39 Å². The van der Waals surface area contributed by atoms with Gasteiger partial charge in [0.1, 0.15) is 0 Å². The zero-order valence-corrected chi connectivity index (χ0v) is 26.2. The second-order valence-electron chi connectivity index (χ2n) is 12.9. The van der Waals surface area contributed by atoms with Crippen LogP contribution in [0.15, 0.2) is 42.5 Å². The lowest BCUT2D eigenvalue weighted by Gasteiger charge is -2.47.